The molecule has 0 spiro atoms. The van der Waals surface area contributed by atoms with Gasteiger partial charge in [-0.3, -0.25) is 4.57 Å². The monoisotopic (exact) mass is 486 g/mol. The van der Waals surface area contributed by atoms with Gasteiger partial charge >= 0.3 is 0 Å². The summed E-state index contributed by atoms with van der Waals surface area (Å²) in [5.74, 6) is 2.31. The molecule has 5 rings (SSSR count). The summed E-state index contributed by atoms with van der Waals surface area (Å²) in [4.78, 5) is 11.7. The molecule has 1 fully saturated rings. The Balaban J connectivity index is 1.65. The number of pyridine rings is 1. The number of aromatic hydroxyl groups is 2. The van der Waals surface area contributed by atoms with Gasteiger partial charge in [0.15, 0.2) is 0 Å². The lowest BCUT2D eigenvalue weighted by molar-refractivity contribution is 0.122. The number of benzene rings is 2. The maximum Gasteiger partial charge on any atom is 0.148 e. The molecule has 2 aromatic heterocycles. The molecule has 0 radical (unpaired) electrons. The van der Waals surface area contributed by atoms with Crippen LogP contribution in [0.2, 0.25) is 0 Å². The summed E-state index contributed by atoms with van der Waals surface area (Å²) >= 11 is 0. The Morgan fingerprint density at radius 3 is 2.31 bits per heavy atom. The van der Waals surface area contributed by atoms with Crippen LogP contribution in [0.1, 0.15) is 25.3 Å². The number of morpholine rings is 1. The van der Waals surface area contributed by atoms with Gasteiger partial charge in [-0.25, -0.2) is 9.97 Å². The second-order valence-electron chi connectivity index (χ2n) is 9.09. The molecule has 3 heterocycles. The largest absolute Gasteiger partial charge is 0.508 e. The molecule has 1 aliphatic heterocycles. The van der Waals surface area contributed by atoms with E-state index in [1.807, 2.05) is 67.1 Å². The SMILES string of the molecule is COc1ccc(-c2cnc(-c3cc(C(C)C)c(O)cc3O)n2-c2ccc(N3CCOCC3)nc2)cc1. The number of phenols is 2. The summed E-state index contributed by atoms with van der Waals surface area (Å²) in [7, 11) is 1.64. The van der Waals surface area contributed by atoms with Crippen LogP contribution < -0.4 is 9.64 Å². The molecule has 36 heavy (non-hydrogen) atoms. The lowest BCUT2D eigenvalue weighted by Gasteiger charge is -2.27. The topological polar surface area (TPSA) is 92.9 Å². The molecule has 0 aliphatic carbocycles. The van der Waals surface area contributed by atoms with Crippen LogP contribution in [0.3, 0.4) is 0 Å². The van der Waals surface area contributed by atoms with Crippen molar-refractivity contribution in [3.05, 3.63) is 66.5 Å². The number of rotatable bonds is 6. The minimum atomic E-state index is -0.0390. The average molecular weight is 487 g/mol. The van der Waals surface area contributed by atoms with Crippen LogP contribution in [0, 0.1) is 0 Å². The predicted octanol–water partition coefficient (Wildman–Crippen LogP) is 4.98. The van der Waals surface area contributed by atoms with E-state index in [2.05, 4.69) is 4.90 Å². The third-order valence-electron chi connectivity index (χ3n) is 6.48. The second kappa shape index (κ2) is 9.91. The molecule has 2 aromatic carbocycles. The van der Waals surface area contributed by atoms with Gasteiger partial charge in [-0.2, -0.15) is 0 Å². The van der Waals surface area contributed by atoms with Gasteiger partial charge in [0.1, 0.15) is 28.9 Å². The van der Waals surface area contributed by atoms with E-state index in [1.165, 1.54) is 6.07 Å². The minimum absolute atomic E-state index is 0.0390. The van der Waals surface area contributed by atoms with E-state index in [0.717, 1.165) is 47.2 Å². The summed E-state index contributed by atoms with van der Waals surface area (Å²) in [6.45, 7) is 6.99. The first-order valence-corrected chi connectivity index (χ1v) is 12.0. The molecule has 1 aliphatic rings. The molecule has 1 saturated heterocycles. The number of imidazole rings is 1. The normalized spacial score (nSPS) is 13.8. The van der Waals surface area contributed by atoms with E-state index in [9.17, 15) is 10.2 Å². The average Bonchev–Trinajstić information content (AvgIpc) is 3.34. The highest BCUT2D eigenvalue weighted by Gasteiger charge is 2.21. The molecule has 0 unspecified atom stereocenters. The number of ether oxygens (including phenoxy) is 2. The zero-order valence-electron chi connectivity index (χ0n) is 20.7. The summed E-state index contributed by atoms with van der Waals surface area (Å²) in [5.41, 5.74) is 3.86. The Bertz CT molecular complexity index is 1340. The number of aromatic nitrogens is 3. The number of hydrogen-bond acceptors (Lipinski definition) is 7. The van der Waals surface area contributed by atoms with Gasteiger partial charge in [0, 0.05) is 24.7 Å². The lowest BCUT2D eigenvalue weighted by atomic mass is 9.98. The van der Waals surface area contributed by atoms with Crippen molar-refractivity contribution in [1.82, 2.24) is 14.5 Å². The maximum absolute atomic E-state index is 10.8. The number of nitrogens with zero attached hydrogens (tertiary/aromatic N) is 4. The summed E-state index contributed by atoms with van der Waals surface area (Å²) in [5, 5.41) is 21.2. The molecule has 2 N–H and O–H groups in total. The zero-order chi connectivity index (χ0) is 25.2. The van der Waals surface area contributed by atoms with Crippen molar-refractivity contribution in [1.29, 1.82) is 0 Å². The first-order valence-electron chi connectivity index (χ1n) is 12.0. The Hall–Kier alpha value is -4.04. The van der Waals surface area contributed by atoms with E-state index in [-0.39, 0.29) is 17.4 Å². The standard InChI is InChI=1S/C28H30N4O4/c1-18(2)22-14-23(26(34)15-25(22)33)28-30-17-24(19-4-7-21(35-3)8-5-19)32(28)20-6-9-27(29-16-20)31-10-12-36-13-11-31/h4-9,14-18,33-34H,10-13H2,1-3H3. The Kier molecular flexibility index (Phi) is 6.52. The number of methoxy groups -OCH3 is 1. The van der Waals surface area contributed by atoms with Crippen molar-refractivity contribution in [2.75, 3.05) is 38.3 Å². The van der Waals surface area contributed by atoms with E-state index >= 15 is 0 Å². The van der Waals surface area contributed by atoms with Crippen molar-refractivity contribution >= 4 is 5.82 Å². The molecule has 0 bridgehead atoms. The fourth-order valence-corrected chi connectivity index (χ4v) is 4.49. The molecule has 8 heteroatoms. The molecule has 8 nitrogen and oxygen atoms in total. The number of anilines is 1. The number of phenolic OH excluding ortho intramolecular Hbond substituents is 2. The van der Waals surface area contributed by atoms with Gasteiger partial charge in [0.25, 0.3) is 0 Å². The molecule has 4 aromatic rings. The van der Waals surface area contributed by atoms with Gasteiger partial charge in [-0.15, -0.1) is 0 Å². The van der Waals surface area contributed by atoms with Crippen molar-refractivity contribution in [3.8, 4) is 45.6 Å². The van der Waals surface area contributed by atoms with Crippen LogP contribution in [0.4, 0.5) is 5.82 Å². The summed E-state index contributed by atoms with van der Waals surface area (Å²) in [6.07, 6.45) is 3.61. The first kappa shape index (κ1) is 23.7. The van der Waals surface area contributed by atoms with Gasteiger partial charge in [0.05, 0.1) is 49.7 Å². The van der Waals surface area contributed by atoms with Crippen LogP contribution in [0.5, 0.6) is 17.2 Å². The molecular weight excluding hydrogens is 456 g/mol. The minimum Gasteiger partial charge on any atom is -0.508 e. The summed E-state index contributed by atoms with van der Waals surface area (Å²) in [6, 6.07) is 15.0. The molecule has 0 atom stereocenters. The lowest BCUT2D eigenvalue weighted by Crippen LogP contribution is -2.36. The van der Waals surface area contributed by atoms with Crippen molar-refractivity contribution in [2.24, 2.45) is 0 Å². The second-order valence-corrected chi connectivity index (χ2v) is 9.09. The van der Waals surface area contributed by atoms with E-state index < -0.39 is 0 Å². The smallest absolute Gasteiger partial charge is 0.148 e. The van der Waals surface area contributed by atoms with Crippen LogP contribution >= 0.6 is 0 Å². The number of hydrogen-bond donors (Lipinski definition) is 2. The molecule has 186 valence electrons. The summed E-state index contributed by atoms with van der Waals surface area (Å²) < 4.78 is 12.8. The van der Waals surface area contributed by atoms with Crippen molar-refractivity contribution < 1.29 is 19.7 Å². The third-order valence-corrected chi connectivity index (χ3v) is 6.48. The van der Waals surface area contributed by atoms with Gasteiger partial charge in [-0.05, 0) is 53.9 Å². The van der Waals surface area contributed by atoms with Crippen LogP contribution in [0.25, 0.3) is 28.3 Å². The Morgan fingerprint density at radius 1 is 0.917 bits per heavy atom. The molecular formula is C28H30N4O4. The maximum atomic E-state index is 10.8. The fraction of sp³-hybridized carbons (Fsp3) is 0.286. The zero-order valence-corrected chi connectivity index (χ0v) is 20.7. The fourth-order valence-electron chi connectivity index (χ4n) is 4.49. The van der Waals surface area contributed by atoms with Gasteiger partial charge in [-0.1, -0.05) is 13.8 Å². The van der Waals surface area contributed by atoms with Gasteiger partial charge in [0.2, 0.25) is 0 Å². The van der Waals surface area contributed by atoms with Crippen LogP contribution in [0.15, 0.2) is 60.9 Å². The van der Waals surface area contributed by atoms with Gasteiger partial charge < -0.3 is 24.6 Å². The van der Waals surface area contributed by atoms with E-state index in [4.69, 9.17) is 19.4 Å². The van der Waals surface area contributed by atoms with Crippen LogP contribution in [-0.2, 0) is 4.74 Å². The van der Waals surface area contributed by atoms with Crippen LogP contribution in [-0.4, -0.2) is 58.2 Å². The van der Waals surface area contributed by atoms with Crippen molar-refractivity contribution in [3.63, 3.8) is 0 Å². The van der Waals surface area contributed by atoms with E-state index in [1.54, 1.807) is 13.3 Å². The highest BCUT2D eigenvalue weighted by atomic mass is 16.5. The highest BCUT2D eigenvalue weighted by molar-refractivity contribution is 5.74. The highest BCUT2D eigenvalue weighted by Crippen LogP contribution is 2.40. The first-order chi connectivity index (χ1) is 17.5. The Morgan fingerprint density at radius 2 is 1.67 bits per heavy atom. The quantitative estimate of drug-likeness (QED) is 0.397. The Labute approximate surface area is 210 Å². The third kappa shape index (κ3) is 4.47. The predicted molar refractivity (Wildman–Crippen MR) is 139 cm³/mol. The van der Waals surface area contributed by atoms with E-state index in [0.29, 0.717) is 24.6 Å². The van der Waals surface area contributed by atoms with Crippen molar-refractivity contribution in [2.45, 2.75) is 19.8 Å². The molecule has 0 saturated carbocycles. The molecule has 0 amide bonds.